The van der Waals surface area contributed by atoms with Crippen LogP contribution in [0.4, 0.5) is 4.79 Å². The van der Waals surface area contributed by atoms with Gasteiger partial charge in [-0.15, -0.1) is 11.3 Å². The van der Waals surface area contributed by atoms with E-state index in [4.69, 9.17) is 9.47 Å². The van der Waals surface area contributed by atoms with E-state index in [1.165, 1.54) is 10.4 Å². The lowest BCUT2D eigenvalue weighted by atomic mass is 9.78. The van der Waals surface area contributed by atoms with Gasteiger partial charge < -0.3 is 19.7 Å². The molecule has 1 N–H and O–H groups in total. The summed E-state index contributed by atoms with van der Waals surface area (Å²) in [6.07, 6.45) is 6.23. The molecule has 3 heterocycles. The largest absolute Gasteiger partial charge is 0.447 e. The number of fused-ring (bicyclic) bond motifs is 2. The predicted octanol–water partition coefficient (Wildman–Crippen LogP) is 4.09. The minimum Gasteiger partial charge on any atom is -0.447 e. The number of amides is 1. The molecule has 0 aromatic carbocycles. The summed E-state index contributed by atoms with van der Waals surface area (Å²) in [6.45, 7) is 10.2. The Morgan fingerprint density at radius 1 is 1.39 bits per heavy atom. The highest BCUT2D eigenvalue weighted by atomic mass is 32.1. The normalized spacial score (nSPS) is 26.7. The molecule has 5 nitrogen and oxygen atoms in total. The molecule has 28 heavy (non-hydrogen) atoms. The third-order valence-corrected chi connectivity index (χ3v) is 7.83. The Morgan fingerprint density at radius 2 is 2.14 bits per heavy atom. The first-order valence-electron chi connectivity index (χ1n) is 10.9. The molecule has 2 aliphatic heterocycles. The first kappa shape index (κ1) is 20.2. The van der Waals surface area contributed by atoms with Crippen LogP contribution in [0.3, 0.4) is 0 Å². The number of rotatable bonds is 5. The third kappa shape index (κ3) is 4.24. The second-order valence-electron chi connectivity index (χ2n) is 8.93. The van der Waals surface area contributed by atoms with Gasteiger partial charge in [0.2, 0.25) is 0 Å². The summed E-state index contributed by atoms with van der Waals surface area (Å²) < 4.78 is 11.6. The zero-order valence-corrected chi connectivity index (χ0v) is 18.3. The highest BCUT2D eigenvalue weighted by Gasteiger charge is 2.42. The summed E-state index contributed by atoms with van der Waals surface area (Å²) >= 11 is 2.00. The molecule has 1 aliphatic carbocycles. The Balaban J connectivity index is 1.24. The van der Waals surface area contributed by atoms with E-state index in [0.717, 1.165) is 64.8 Å². The molecular weight excluding hydrogens is 372 g/mol. The molecule has 2 fully saturated rings. The maximum Gasteiger partial charge on any atom is 0.407 e. The van der Waals surface area contributed by atoms with Crippen LogP contribution < -0.4 is 5.32 Å². The summed E-state index contributed by atoms with van der Waals surface area (Å²) in [4.78, 5) is 17.4. The second kappa shape index (κ2) is 8.33. The SMILES string of the molecule is CCc1cc2c(s1)CCOC21CCN(CC2CC(NC(=O)OC(C)C)C2)CC1. The Labute approximate surface area is 172 Å². The molecule has 1 saturated heterocycles. The summed E-state index contributed by atoms with van der Waals surface area (Å²) in [5.41, 5.74) is 1.47. The molecule has 0 bridgehead atoms. The fourth-order valence-corrected chi connectivity index (χ4v) is 6.12. The lowest BCUT2D eigenvalue weighted by molar-refractivity contribution is -0.0996. The highest BCUT2D eigenvalue weighted by Crippen LogP contribution is 2.45. The molecule has 156 valence electrons. The van der Waals surface area contributed by atoms with E-state index in [2.05, 4.69) is 23.2 Å². The van der Waals surface area contributed by atoms with Crippen LogP contribution in [-0.4, -0.2) is 49.4 Å². The van der Waals surface area contributed by atoms with E-state index in [1.54, 1.807) is 4.88 Å². The highest BCUT2D eigenvalue weighted by molar-refractivity contribution is 7.12. The van der Waals surface area contributed by atoms with Gasteiger partial charge in [-0.2, -0.15) is 0 Å². The minimum absolute atomic E-state index is 0.0295. The van der Waals surface area contributed by atoms with E-state index in [1.807, 2.05) is 25.2 Å². The van der Waals surface area contributed by atoms with E-state index in [9.17, 15) is 4.79 Å². The molecule has 1 aromatic rings. The number of nitrogens with zero attached hydrogens (tertiary/aromatic N) is 1. The molecule has 0 atom stereocenters. The standard InChI is InChI=1S/C22H34N2O3S/c1-4-18-13-19-20(28-18)5-10-26-22(19)6-8-24(9-7-22)14-16-11-17(12-16)23-21(25)27-15(2)3/h13,15-17H,4-12,14H2,1-3H3,(H,23,25). The van der Waals surface area contributed by atoms with Crippen LogP contribution in [0.2, 0.25) is 0 Å². The first-order valence-corrected chi connectivity index (χ1v) is 11.7. The third-order valence-electron chi connectivity index (χ3n) is 6.49. The van der Waals surface area contributed by atoms with Crippen LogP contribution in [0.15, 0.2) is 6.07 Å². The van der Waals surface area contributed by atoms with E-state index in [0.29, 0.717) is 5.92 Å². The van der Waals surface area contributed by atoms with Gasteiger partial charge in [0.25, 0.3) is 0 Å². The monoisotopic (exact) mass is 406 g/mol. The lowest BCUT2D eigenvalue weighted by Gasteiger charge is -2.46. The number of likely N-dealkylation sites (tertiary alicyclic amines) is 1. The molecule has 1 aromatic heterocycles. The average molecular weight is 407 g/mol. The van der Waals surface area contributed by atoms with Crippen LogP contribution in [-0.2, 0) is 27.9 Å². The fourth-order valence-electron chi connectivity index (χ4n) is 4.94. The number of hydrogen-bond donors (Lipinski definition) is 1. The molecule has 3 aliphatic rings. The van der Waals surface area contributed by atoms with Crippen molar-refractivity contribution >= 4 is 17.4 Å². The van der Waals surface area contributed by atoms with Crippen LogP contribution in [0.1, 0.15) is 61.8 Å². The molecular formula is C22H34N2O3S. The number of ether oxygens (including phenoxy) is 2. The van der Waals surface area contributed by atoms with Crippen molar-refractivity contribution in [3.63, 3.8) is 0 Å². The van der Waals surface area contributed by atoms with Crippen molar-refractivity contribution in [3.8, 4) is 0 Å². The Hall–Kier alpha value is -1.11. The van der Waals surface area contributed by atoms with Crippen molar-refractivity contribution in [2.45, 2.75) is 77.0 Å². The van der Waals surface area contributed by atoms with Crippen molar-refractivity contribution in [1.29, 1.82) is 0 Å². The van der Waals surface area contributed by atoms with Gasteiger partial charge in [-0.3, -0.25) is 0 Å². The van der Waals surface area contributed by atoms with Gasteiger partial charge in [0.05, 0.1) is 18.3 Å². The number of piperidine rings is 1. The molecule has 1 spiro atoms. The molecule has 1 amide bonds. The zero-order chi connectivity index (χ0) is 19.7. The summed E-state index contributed by atoms with van der Waals surface area (Å²) in [6, 6.07) is 2.71. The van der Waals surface area contributed by atoms with Crippen LogP contribution in [0, 0.1) is 5.92 Å². The van der Waals surface area contributed by atoms with Gasteiger partial charge in [0.15, 0.2) is 0 Å². The van der Waals surface area contributed by atoms with Crippen molar-refractivity contribution in [2.24, 2.45) is 5.92 Å². The van der Waals surface area contributed by atoms with E-state index >= 15 is 0 Å². The molecule has 6 heteroatoms. The number of thiophene rings is 1. The maximum atomic E-state index is 11.7. The number of aryl methyl sites for hydroxylation is 1. The molecule has 0 unspecified atom stereocenters. The van der Waals surface area contributed by atoms with Crippen molar-refractivity contribution < 1.29 is 14.3 Å². The minimum atomic E-state index is -0.272. The predicted molar refractivity (Wildman–Crippen MR) is 112 cm³/mol. The number of nitrogens with one attached hydrogen (secondary N) is 1. The quantitative estimate of drug-likeness (QED) is 0.800. The average Bonchev–Trinajstić information content (AvgIpc) is 3.06. The Morgan fingerprint density at radius 3 is 2.82 bits per heavy atom. The van der Waals surface area contributed by atoms with Gasteiger partial charge in [0.1, 0.15) is 0 Å². The summed E-state index contributed by atoms with van der Waals surface area (Å²) in [5.74, 6) is 0.689. The van der Waals surface area contributed by atoms with Crippen molar-refractivity contribution in [3.05, 3.63) is 21.4 Å². The van der Waals surface area contributed by atoms with Crippen LogP contribution in [0.5, 0.6) is 0 Å². The van der Waals surface area contributed by atoms with Crippen molar-refractivity contribution in [2.75, 3.05) is 26.2 Å². The van der Waals surface area contributed by atoms with Gasteiger partial charge in [-0.1, -0.05) is 6.92 Å². The summed E-state index contributed by atoms with van der Waals surface area (Å²) in [5, 5.41) is 2.98. The number of hydrogen-bond acceptors (Lipinski definition) is 5. The number of carbonyl (C=O) groups is 1. The van der Waals surface area contributed by atoms with Gasteiger partial charge >= 0.3 is 6.09 Å². The summed E-state index contributed by atoms with van der Waals surface area (Å²) in [7, 11) is 0. The smallest absolute Gasteiger partial charge is 0.407 e. The van der Waals surface area contributed by atoms with Crippen LogP contribution >= 0.6 is 11.3 Å². The topological polar surface area (TPSA) is 50.8 Å². The Bertz CT molecular complexity index is 688. The maximum absolute atomic E-state index is 11.7. The molecule has 0 radical (unpaired) electrons. The van der Waals surface area contributed by atoms with E-state index in [-0.39, 0.29) is 23.8 Å². The second-order valence-corrected chi connectivity index (χ2v) is 10.2. The van der Waals surface area contributed by atoms with Gasteiger partial charge in [-0.05, 0) is 63.5 Å². The van der Waals surface area contributed by atoms with Crippen molar-refractivity contribution in [1.82, 2.24) is 10.2 Å². The number of carbonyl (C=O) groups excluding carboxylic acids is 1. The van der Waals surface area contributed by atoms with Crippen LogP contribution in [0.25, 0.3) is 0 Å². The lowest BCUT2D eigenvalue weighted by Crippen LogP contribution is -2.51. The van der Waals surface area contributed by atoms with Gasteiger partial charge in [-0.25, -0.2) is 4.79 Å². The zero-order valence-electron chi connectivity index (χ0n) is 17.5. The van der Waals surface area contributed by atoms with Gasteiger partial charge in [0, 0.05) is 41.9 Å². The number of alkyl carbamates (subject to hydrolysis) is 1. The molecule has 4 rings (SSSR count). The first-order chi connectivity index (χ1) is 13.5. The Kier molecular flexibility index (Phi) is 6.00. The van der Waals surface area contributed by atoms with E-state index < -0.39 is 0 Å². The fraction of sp³-hybridized carbons (Fsp3) is 0.773. The molecule has 1 saturated carbocycles.